The number of nitrogens with zero attached hydrogens (tertiary/aromatic N) is 2. The zero-order valence-electron chi connectivity index (χ0n) is 18.7. The quantitative estimate of drug-likeness (QED) is 0.240. The average molecular weight is 459 g/mol. The van der Waals surface area contributed by atoms with Crippen molar-refractivity contribution in [1.29, 1.82) is 0 Å². The van der Waals surface area contributed by atoms with Crippen LogP contribution in [0.3, 0.4) is 0 Å². The van der Waals surface area contributed by atoms with E-state index < -0.39 is 17.7 Å². The molecule has 1 unspecified atom stereocenters. The summed E-state index contributed by atoms with van der Waals surface area (Å²) >= 11 is 1.33. The van der Waals surface area contributed by atoms with Crippen LogP contribution >= 0.6 is 11.3 Å². The SMILES string of the molecule is Cc1ccc(C)c(C(O)=C2C(=O)C(=O)N(c3nc4ccc(C)cc4s3)C2c2ccc(C)o2)c1. The molecule has 0 radical (unpaired) electrons. The Bertz CT molecular complexity index is 1480. The van der Waals surface area contributed by atoms with Crippen LogP contribution in [0.5, 0.6) is 0 Å². The van der Waals surface area contributed by atoms with E-state index in [1.807, 2.05) is 57.2 Å². The van der Waals surface area contributed by atoms with Crippen LogP contribution in [0.2, 0.25) is 0 Å². The number of hydrogen-bond donors (Lipinski definition) is 1. The van der Waals surface area contributed by atoms with E-state index in [1.165, 1.54) is 16.2 Å². The highest BCUT2D eigenvalue weighted by Crippen LogP contribution is 2.45. The van der Waals surface area contributed by atoms with E-state index in [-0.39, 0.29) is 11.3 Å². The van der Waals surface area contributed by atoms with Crippen molar-refractivity contribution >= 4 is 44.1 Å². The first-order valence-electron chi connectivity index (χ1n) is 10.6. The Hall–Kier alpha value is -3.71. The summed E-state index contributed by atoms with van der Waals surface area (Å²) in [5.41, 5.74) is 4.07. The normalized spacial score (nSPS) is 17.9. The van der Waals surface area contributed by atoms with E-state index >= 15 is 0 Å². The molecule has 1 atom stereocenters. The van der Waals surface area contributed by atoms with Gasteiger partial charge in [0.15, 0.2) is 5.13 Å². The molecule has 0 saturated carbocycles. The van der Waals surface area contributed by atoms with Gasteiger partial charge in [0.25, 0.3) is 5.78 Å². The van der Waals surface area contributed by atoms with Crippen molar-refractivity contribution < 1.29 is 19.1 Å². The summed E-state index contributed by atoms with van der Waals surface area (Å²) in [7, 11) is 0. The lowest BCUT2D eigenvalue weighted by molar-refractivity contribution is -0.132. The minimum Gasteiger partial charge on any atom is -0.507 e. The molecule has 0 aliphatic carbocycles. The van der Waals surface area contributed by atoms with Crippen molar-refractivity contribution in [3.8, 4) is 0 Å². The highest BCUT2D eigenvalue weighted by Gasteiger charge is 2.49. The third kappa shape index (κ3) is 3.45. The predicted octanol–water partition coefficient (Wildman–Crippen LogP) is 5.75. The largest absolute Gasteiger partial charge is 0.507 e. The van der Waals surface area contributed by atoms with Gasteiger partial charge in [-0.15, -0.1) is 0 Å². The number of Topliss-reactive ketones (excluding diaryl/α,β-unsaturated/α-hetero) is 1. The maximum Gasteiger partial charge on any atom is 0.302 e. The van der Waals surface area contributed by atoms with Gasteiger partial charge in [-0.3, -0.25) is 14.5 Å². The van der Waals surface area contributed by atoms with Crippen LogP contribution in [0.4, 0.5) is 5.13 Å². The lowest BCUT2D eigenvalue weighted by Crippen LogP contribution is -2.29. The van der Waals surface area contributed by atoms with E-state index in [0.29, 0.717) is 22.2 Å². The third-order valence-corrected chi connectivity index (χ3v) is 6.88. The summed E-state index contributed by atoms with van der Waals surface area (Å²) < 4.78 is 6.78. The smallest absolute Gasteiger partial charge is 0.302 e. The van der Waals surface area contributed by atoms with Crippen molar-refractivity contribution in [2.24, 2.45) is 0 Å². The molecular weight excluding hydrogens is 436 g/mol. The molecule has 1 saturated heterocycles. The molecule has 166 valence electrons. The number of benzene rings is 2. The minimum absolute atomic E-state index is 0.00140. The molecule has 0 bridgehead atoms. The molecule has 1 aliphatic rings. The van der Waals surface area contributed by atoms with Crippen LogP contribution in [-0.2, 0) is 9.59 Å². The molecule has 2 aromatic carbocycles. The Morgan fingerprint density at radius 3 is 2.45 bits per heavy atom. The number of rotatable bonds is 3. The van der Waals surface area contributed by atoms with E-state index in [1.54, 1.807) is 19.1 Å². The summed E-state index contributed by atoms with van der Waals surface area (Å²) in [4.78, 5) is 32.6. The van der Waals surface area contributed by atoms with Gasteiger partial charge in [0.1, 0.15) is 23.3 Å². The first kappa shape index (κ1) is 21.2. The van der Waals surface area contributed by atoms with Gasteiger partial charge in [0.05, 0.1) is 15.8 Å². The Labute approximate surface area is 194 Å². The summed E-state index contributed by atoms with van der Waals surface area (Å²) in [5.74, 6) is -0.677. The summed E-state index contributed by atoms with van der Waals surface area (Å²) in [6, 6.07) is 14.0. The van der Waals surface area contributed by atoms with Crippen molar-refractivity contribution in [3.63, 3.8) is 0 Å². The second-order valence-corrected chi connectivity index (χ2v) is 9.41. The molecule has 7 heteroatoms. The van der Waals surface area contributed by atoms with Crippen LogP contribution in [0.15, 0.2) is 58.5 Å². The molecule has 5 rings (SSSR count). The van der Waals surface area contributed by atoms with Gasteiger partial charge in [0, 0.05) is 5.56 Å². The van der Waals surface area contributed by atoms with Gasteiger partial charge in [-0.05, 0) is 69.2 Å². The van der Waals surface area contributed by atoms with Gasteiger partial charge < -0.3 is 9.52 Å². The zero-order valence-corrected chi connectivity index (χ0v) is 19.5. The van der Waals surface area contributed by atoms with Gasteiger partial charge in [-0.2, -0.15) is 0 Å². The fourth-order valence-electron chi connectivity index (χ4n) is 4.16. The van der Waals surface area contributed by atoms with Crippen LogP contribution < -0.4 is 4.90 Å². The average Bonchev–Trinajstić information content (AvgIpc) is 3.45. The highest BCUT2D eigenvalue weighted by molar-refractivity contribution is 7.22. The van der Waals surface area contributed by atoms with Crippen LogP contribution in [-0.4, -0.2) is 21.8 Å². The lowest BCUT2D eigenvalue weighted by atomic mass is 9.96. The van der Waals surface area contributed by atoms with Crippen molar-refractivity contribution in [1.82, 2.24) is 4.98 Å². The number of aliphatic hydroxyl groups excluding tert-OH is 1. The topological polar surface area (TPSA) is 83.6 Å². The van der Waals surface area contributed by atoms with E-state index in [4.69, 9.17) is 4.42 Å². The number of carbonyl (C=O) groups is 2. The number of anilines is 1. The van der Waals surface area contributed by atoms with Crippen molar-refractivity contribution in [3.05, 3.63) is 87.9 Å². The van der Waals surface area contributed by atoms with Crippen LogP contribution in [0.1, 0.15) is 39.8 Å². The monoisotopic (exact) mass is 458 g/mol. The Kier molecular flexibility index (Phi) is 4.94. The zero-order chi connectivity index (χ0) is 23.4. The fraction of sp³-hybridized carbons (Fsp3) is 0.192. The second-order valence-electron chi connectivity index (χ2n) is 8.40. The van der Waals surface area contributed by atoms with Crippen LogP contribution in [0, 0.1) is 27.7 Å². The number of aryl methyl sites for hydroxylation is 4. The highest BCUT2D eigenvalue weighted by atomic mass is 32.1. The molecule has 1 N–H and O–H groups in total. The second kappa shape index (κ2) is 7.71. The number of aromatic nitrogens is 1. The number of aliphatic hydroxyl groups is 1. The van der Waals surface area contributed by atoms with Gasteiger partial charge in [-0.1, -0.05) is 35.1 Å². The Morgan fingerprint density at radius 2 is 1.73 bits per heavy atom. The molecule has 33 heavy (non-hydrogen) atoms. The number of carbonyl (C=O) groups excluding carboxylic acids is 2. The number of fused-ring (bicyclic) bond motifs is 1. The molecule has 0 spiro atoms. The summed E-state index contributed by atoms with van der Waals surface area (Å²) in [6.07, 6.45) is 0. The predicted molar refractivity (Wildman–Crippen MR) is 129 cm³/mol. The van der Waals surface area contributed by atoms with E-state index in [2.05, 4.69) is 4.98 Å². The van der Waals surface area contributed by atoms with Gasteiger partial charge in [-0.25, -0.2) is 4.98 Å². The molecule has 1 amide bonds. The number of thiazole rings is 1. The third-order valence-electron chi connectivity index (χ3n) is 5.86. The van der Waals surface area contributed by atoms with E-state index in [0.717, 1.165) is 26.9 Å². The number of hydrogen-bond acceptors (Lipinski definition) is 6. The first-order valence-corrected chi connectivity index (χ1v) is 11.4. The minimum atomic E-state index is -0.916. The number of furan rings is 1. The van der Waals surface area contributed by atoms with Gasteiger partial charge >= 0.3 is 5.91 Å². The number of amides is 1. The van der Waals surface area contributed by atoms with Crippen molar-refractivity contribution in [2.45, 2.75) is 33.7 Å². The Morgan fingerprint density at radius 1 is 1.00 bits per heavy atom. The first-order chi connectivity index (χ1) is 15.7. The molecule has 2 aromatic heterocycles. The maximum absolute atomic E-state index is 13.3. The number of ketones is 1. The molecular formula is C26H22N2O4S. The molecule has 1 aliphatic heterocycles. The van der Waals surface area contributed by atoms with Crippen molar-refractivity contribution in [2.75, 3.05) is 4.90 Å². The lowest BCUT2D eigenvalue weighted by Gasteiger charge is -2.21. The van der Waals surface area contributed by atoms with E-state index in [9.17, 15) is 14.7 Å². The summed E-state index contributed by atoms with van der Waals surface area (Å²) in [6.45, 7) is 7.54. The maximum atomic E-state index is 13.3. The fourth-order valence-corrected chi connectivity index (χ4v) is 5.25. The standard InChI is InChI=1S/C26H22N2O4S/c1-13-5-7-15(3)17(11-13)23(29)21-22(19-10-8-16(4)32-19)28(25(31)24(21)30)26-27-18-9-6-14(2)12-20(18)33-26/h5-12,22,29H,1-4H3. The Balaban J connectivity index is 1.75. The van der Waals surface area contributed by atoms with Crippen LogP contribution in [0.25, 0.3) is 16.0 Å². The molecule has 1 fully saturated rings. The molecule has 3 heterocycles. The molecule has 4 aromatic rings. The molecule has 6 nitrogen and oxygen atoms in total. The van der Waals surface area contributed by atoms with Gasteiger partial charge in [0.2, 0.25) is 0 Å². The summed E-state index contributed by atoms with van der Waals surface area (Å²) in [5, 5.41) is 11.7.